The lowest BCUT2D eigenvalue weighted by Crippen LogP contribution is -2.25. The molecule has 0 amide bonds. The minimum Gasteiger partial charge on any atom is -0.494 e. The second-order valence-corrected chi connectivity index (χ2v) is 10.4. The van der Waals surface area contributed by atoms with Crippen LogP contribution in [0.4, 0.5) is 0 Å². The van der Waals surface area contributed by atoms with Gasteiger partial charge in [-0.25, -0.2) is 4.79 Å². The molecule has 3 rings (SSSR count). The van der Waals surface area contributed by atoms with Crippen LogP contribution in [0.3, 0.4) is 0 Å². The number of esters is 2. The number of carbonyl (C=O) groups excluding carboxylic acids is 2. The predicted molar refractivity (Wildman–Crippen MR) is 152 cm³/mol. The molecule has 1 aliphatic rings. The molecule has 0 unspecified atom stereocenters. The summed E-state index contributed by atoms with van der Waals surface area (Å²) in [4.78, 5) is 25.2. The Bertz CT molecular complexity index is 971. The van der Waals surface area contributed by atoms with E-state index in [4.69, 9.17) is 14.2 Å². The van der Waals surface area contributed by atoms with Crippen LogP contribution in [-0.2, 0) is 4.79 Å². The molecule has 5 heteroatoms. The quantitative estimate of drug-likeness (QED) is 0.0958. The highest BCUT2D eigenvalue weighted by Crippen LogP contribution is 2.33. The van der Waals surface area contributed by atoms with Crippen molar-refractivity contribution in [2.24, 2.45) is 11.8 Å². The van der Waals surface area contributed by atoms with E-state index >= 15 is 0 Å². The summed E-state index contributed by atoms with van der Waals surface area (Å²) in [6, 6.07) is 13.6. The zero-order valence-corrected chi connectivity index (χ0v) is 23.0. The SMILES string of the molecule is C=CCCCCCCOc1ccc(C(=O)Oc2ccc(OC(=O)[C@H]3CC[C@H](CCCCC)CC3)cc2)cc1. The lowest BCUT2D eigenvalue weighted by Gasteiger charge is -2.27. The average molecular weight is 521 g/mol. The van der Waals surface area contributed by atoms with Crippen molar-refractivity contribution in [3.8, 4) is 17.2 Å². The van der Waals surface area contributed by atoms with E-state index in [9.17, 15) is 9.59 Å². The van der Waals surface area contributed by atoms with Crippen LogP contribution >= 0.6 is 0 Å². The van der Waals surface area contributed by atoms with Crippen LogP contribution in [-0.4, -0.2) is 18.5 Å². The van der Waals surface area contributed by atoms with Crippen LogP contribution in [0.2, 0.25) is 0 Å². The summed E-state index contributed by atoms with van der Waals surface area (Å²) in [6.07, 6.45) is 16.7. The number of allylic oxidation sites excluding steroid dienone is 1. The van der Waals surface area contributed by atoms with E-state index in [1.165, 1.54) is 38.5 Å². The van der Waals surface area contributed by atoms with Crippen molar-refractivity contribution in [2.75, 3.05) is 6.61 Å². The van der Waals surface area contributed by atoms with Gasteiger partial charge in [0.2, 0.25) is 0 Å². The van der Waals surface area contributed by atoms with E-state index in [2.05, 4.69) is 13.5 Å². The van der Waals surface area contributed by atoms with Crippen molar-refractivity contribution in [3.63, 3.8) is 0 Å². The van der Waals surface area contributed by atoms with Crippen LogP contribution in [0, 0.1) is 11.8 Å². The lowest BCUT2D eigenvalue weighted by molar-refractivity contribution is -0.140. The summed E-state index contributed by atoms with van der Waals surface area (Å²) in [5, 5.41) is 0. The zero-order chi connectivity index (χ0) is 27.0. The molecule has 1 saturated carbocycles. The van der Waals surface area contributed by atoms with Crippen molar-refractivity contribution in [3.05, 3.63) is 66.7 Å². The third-order valence-corrected chi connectivity index (χ3v) is 7.31. The van der Waals surface area contributed by atoms with Crippen LogP contribution < -0.4 is 14.2 Å². The molecule has 0 atom stereocenters. The molecule has 206 valence electrons. The Kier molecular flexibility index (Phi) is 13.0. The summed E-state index contributed by atoms with van der Waals surface area (Å²) in [6.45, 7) is 6.63. The van der Waals surface area contributed by atoms with E-state index in [-0.39, 0.29) is 11.9 Å². The molecule has 38 heavy (non-hydrogen) atoms. The average Bonchev–Trinajstić information content (AvgIpc) is 2.94. The topological polar surface area (TPSA) is 61.8 Å². The van der Waals surface area contributed by atoms with Crippen molar-refractivity contribution in [1.82, 2.24) is 0 Å². The van der Waals surface area contributed by atoms with E-state index in [0.717, 1.165) is 56.6 Å². The predicted octanol–water partition coefficient (Wildman–Crippen LogP) is 8.71. The molecule has 0 radical (unpaired) electrons. The van der Waals surface area contributed by atoms with Gasteiger partial charge in [0.05, 0.1) is 18.1 Å². The molecular formula is C33H44O5. The fourth-order valence-corrected chi connectivity index (χ4v) is 4.93. The van der Waals surface area contributed by atoms with Gasteiger partial charge < -0.3 is 14.2 Å². The summed E-state index contributed by atoms with van der Waals surface area (Å²) in [5.41, 5.74) is 0.447. The molecular weight excluding hydrogens is 476 g/mol. The van der Waals surface area contributed by atoms with Gasteiger partial charge in [-0.3, -0.25) is 4.79 Å². The minimum atomic E-state index is -0.445. The van der Waals surface area contributed by atoms with Crippen molar-refractivity contribution < 1.29 is 23.8 Å². The highest BCUT2D eigenvalue weighted by Gasteiger charge is 2.27. The van der Waals surface area contributed by atoms with Crippen molar-refractivity contribution >= 4 is 11.9 Å². The van der Waals surface area contributed by atoms with Gasteiger partial charge >= 0.3 is 11.9 Å². The molecule has 0 saturated heterocycles. The third kappa shape index (κ3) is 10.4. The van der Waals surface area contributed by atoms with Crippen LogP contribution in [0.1, 0.15) is 101 Å². The normalized spacial score (nSPS) is 17.0. The first-order valence-electron chi connectivity index (χ1n) is 14.5. The Morgan fingerprint density at radius 2 is 1.42 bits per heavy atom. The molecule has 0 N–H and O–H groups in total. The smallest absolute Gasteiger partial charge is 0.343 e. The number of hydrogen-bond donors (Lipinski definition) is 0. The lowest BCUT2D eigenvalue weighted by atomic mass is 9.80. The van der Waals surface area contributed by atoms with Crippen LogP contribution in [0.5, 0.6) is 17.2 Å². The number of carbonyl (C=O) groups is 2. The molecule has 1 aliphatic carbocycles. The second-order valence-electron chi connectivity index (χ2n) is 10.4. The fraction of sp³-hybridized carbons (Fsp3) is 0.515. The first-order valence-corrected chi connectivity index (χ1v) is 14.5. The molecule has 2 aromatic rings. The number of benzene rings is 2. The van der Waals surface area contributed by atoms with Gasteiger partial charge in [0.25, 0.3) is 0 Å². The largest absolute Gasteiger partial charge is 0.494 e. The second kappa shape index (κ2) is 16.7. The molecule has 2 aromatic carbocycles. The Morgan fingerprint density at radius 1 is 0.789 bits per heavy atom. The molecule has 0 heterocycles. The fourth-order valence-electron chi connectivity index (χ4n) is 4.93. The summed E-state index contributed by atoms with van der Waals surface area (Å²) in [5.74, 6) is 1.75. The maximum absolute atomic E-state index is 12.6. The number of unbranched alkanes of at least 4 members (excludes halogenated alkanes) is 6. The molecule has 0 spiro atoms. The minimum absolute atomic E-state index is 0.0239. The molecule has 0 bridgehead atoms. The molecule has 1 fully saturated rings. The van der Waals surface area contributed by atoms with Gasteiger partial charge in [-0.05, 0) is 99.4 Å². The van der Waals surface area contributed by atoms with E-state index < -0.39 is 5.97 Å². The maximum Gasteiger partial charge on any atom is 0.343 e. The van der Waals surface area contributed by atoms with Gasteiger partial charge in [-0.2, -0.15) is 0 Å². The first-order chi connectivity index (χ1) is 18.6. The Morgan fingerprint density at radius 3 is 2.08 bits per heavy atom. The van der Waals surface area contributed by atoms with Crippen LogP contribution in [0.15, 0.2) is 61.2 Å². The van der Waals surface area contributed by atoms with E-state index in [1.807, 2.05) is 6.08 Å². The number of rotatable bonds is 16. The van der Waals surface area contributed by atoms with E-state index in [1.54, 1.807) is 48.5 Å². The van der Waals surface area contributed by atoms with Gasteiger partial charge in [-0.15, -0.1) is 6.58 Å². The Hall–Kier alpha value is -3.08. The summed E-state index contributed by atoms with van der Waals surface area (Å²) < 4.78 is 16.9. The Balaban J connectivity index is 1.37. The van der Waals surface area contributed by atoms with Gasteiger partial charge in [0, 0.05) is 0 Å². The first kappa shape index (κ1) is 29.5. The number of hydrogen-bond acceptors (Lipinski definition) is 5. The third-order valence-electron chi connectivity index (χ3n) is 7.31. The Labute approximate surface area is 228 Å². The van der Waals surface area contributed by atoms with Crippen LogP contribution in [0.25, 0.3) is 0 Å². The van der Waals surface area contributed by atoms with Gasteiger partial charge in [0.15, 0.2) is 0 Å². The molecule has 0 aliphatic heterocycles. The number of ether oxygens (including phenoxy) is 3. The van der Waals surface area contributed by atoms with Gasteiger partial charge in [-0.1, -0.05) is 51.5 Å². The van der Waals surface area contributed by atoms with Crippen molar-refractivity contribution in [2.45, 2.75) is 90.4 Å². The van der Waals surface area contributed by atoms with E-state index in [0.29, 0.717) is 23.7 Å². The highest BCUT2D eigenvalue weighted by atomic mass is 16.5. The van der Waals surface area contributed by atoms with Crippen molar-refractivity contribution in [1.29, 1.82) is 0 Å². The molecule has 5 nitrogen and oxygen atoms in total. The highest BCUT2D eigenvalue weighted by molar-refractivity contribution is 5.91. The van der Waals surface area contributed by atoms with Gasteiger partial charge in [0.1, 0.15) is 17.2 Å². The monoisotopic (exact) mass is 520 g/mol. The summed E-state index contributed by atoms with van der Waals surface area (Å²) >= 11 is 0. The zero-order valence-electron chi connectivity index (χ0n) is 23.0. The maximum atomic E-state index is 12.6. The summed E-state index contributed by atoms with van der Waals surface area (Å²) in [7, 11) is 0. The standard InChI is InChI=1S/C33H44O5/c1-3-5-7-8-9-11-25-36-29-19-17-28(18-20-29)33(35)38-31-23-21-30(22-24-31)37-32(34)27-15-13-26(14-16-27)12-10-6-4-2/h3,17-24,26-27H,1,4-16,25H2,2H3/t26-,27-. The molecule has 0 aromatic heterocycles.